The number of carbonyl (C=O) groups excluding carboxylic acids is 1. The first-order valence-corrected chi connectivity index (χ1v) is 9.98. The first kappa shape index (κ1) is 18.7. The minimum absolute atomic E-state index is 0.281. The molecule has 2 aromatic heterocycles. The molecule has 31 heavy (non-hydrogen) atoms. The predicted octanol–water partition coefficient (Wildman–Crippen LogP) is 5.28. The van der Waals surface area contributed by atoms with Crippen LogP contribution in [0.25, 0.3) is 33.2 Å². The van der Waals surface area contributed by atoms with Gasteiger partial charge in [0.2, 0.25) is 0 Å². The molecule has 0 bridgehead atoms. The van der Waals surface area contributed by atoms with Gasteiger partial charge in [-0.3, -0.25) is 4.79 Å². The Balaban J connectivity index is 1.69. The fourth-order valence-corrected chi connectivity index (χ4v) is 3.95. The van der Waals surface area contributed by atoms with Gasteiger partial charge in [-0.1, -0.05) is 60.7 Å². The number of imidazole rings is 1. The standard InChI is InChI=1S/C26H18N4O/c1-30-24-14-8-7-13-22(24)29-26(30)20(16-27)25(31)19-15-23(17-9-3-2-4-10-17)28-21-12-6-5-11-18(19)21/h2-15,20H,1H3/t20-/m1/s1. The van der Waals surface area contributed by atoms with Gasteiger partial charge in [-0.25, -0.2) is 9.97 Å². The molecular formula is C26H18N4O. The van der Waals surface area contributed by atoms with Gasteiger partial charge in [0.15, 0.2) is 11.7 Å². The monoisotopic (exact) mass is 402 g/mol. The molecule has 5 nitrogen and oxygen atoms in total. The van der Waals surface area contributed by atoms with Crippen LogP contribution in [0.1, 0.15) is 22.1 Å². The molecule has 0 aliphatic carbocycles. The van der Waals surface area contributed by atoms with Crippen LogP contribution in [0.3, 0.4) is 0 Å². The number of Topliss-reactive ketones (excluding diaryl/α,β-unsaturated/α-hetero) is 1. The quantitative estimate of drug-likeness (QED) is 0.384. The lowest BCUT2D eigenvalue weighted by Crippen LogP contribution is -2.16. The Kier molecular flexibility index (Phi) is 4.53. The largest absolute Gasteiger partial charge is 0.330 e. The Morgan fingerprint density at radius 2 is 1.58 bits per heavy atom. The number of para-hydroxylation sites is 3. The summed E-state index contributed by atoms with van der Waals surface area (Å²) < 4.78 is 1.82. The van der Waals surface area contributed by atoms with Gasteiger partial charge in [-0.2, -0.15) is 5.26 Å². The van der Waals surface area contributed by atoms with Crippen LogP contribution in [0.2, 0.25) is 0 Å². The highest BCUT2D eigenvalue weighted by atomic mass is 16.1. The molecule has 0 fully saturated rings. The molecular weight excluding hydrogens is 384 g/mol. The third-order valence-electron chi connectivity index (χ3n) is 5.52. The maximum atomic E-state index is 13.7. The highest BCUT2D eigenvalue weighted by molar-refractivity contribution is 6.12. The van der Waals surface area contributed by atoms with Crippen molar-refractivity contribution in [3.05, 3.63) is 96.3 Å². The van der Waals surface area contributed by atoms with Crippen LogP contribution >= 0.6 is 0 Å². The molecule has 0 amide bonds. The summed E-state index contributed by atoms with van der Waals surface area (Å²) >= 11 is 0. The van der Waals surface area contributed by atoms with Gasteiger partial charge in [0.05, 0.1) is 28.3 Å². The Hall–Kier alpha value is -4.30. The molecule has 1 atom stereocenters. The van der Waals surface area contributed by atoms with Crippen molar-refractivity contribution in [2.24, 2.45) is 7.05 Å². The van der Waals surface area contributed by atoms with Gasteiger partial charge in [0.25, 0.3) is 0 Å². The van der Waals surface area contributed by atoms with Crippen molar-refractivity contribution in [3.8, 4) is 17.3 Å². The molecule has 0 aliphatic rings. The van der Waals surface area contributed by atoms with E-state index in [1.807, 2.05) is 90.5 Å². The highest BCUT2D eigenvalue weighted by Gasteiger charge is 2.28. The van der Waals surface area contributed by atoms with Crippen LogP contribution in [0.15, 0.2) is 84.9 Å². The van der Waals surface area contributed by atoms with E-state index >= 15 is 0 Å². The van der Waals surface area contributed by atoms with Gasteiger partial charge in [0.1, 0.15) is 5.82 Å². The number of aromatic nitrogens is 3. The Labute approximate surface area is 179 Å². The molecule has 0 spiro atoms. The van der Waals surface area contributed by atoms with Crippen LogP contribution in [0, 0.1) is 11.3 Å². The van der Waals surface area contributed by atoms with Gasteiger partial charge < -0.3 is 4.57 Å². The van der Waals surface area contributed by atoms with Gasteiger partial charge in [-0.05, 0) is 24.3 Å². The fraction of sp³-hybridized carbons (Fsp3) is 0.0769. The third kappa shape index (κ3) is 3.15. The molecule has 0 saturated carbocycles. The second-order valence-electron chi connectivity index (χ2n) is 7.38. The minimum Gasteiger partial charge on any atom is -0.330 e. The van der Waals surface area contributed by atoms with E-state index < -0.39 is 5.92 Å². The van der Waals surface area contributed by atoms with Crippen molar-refractivity contribution in [2.45, 2.75) is 5.92 Å². The molecule has 5 aromatic rings. The van der Waals surface area contributed by atoms with Crippen LogP contribution in [-0.2, 0) is 7.05 Å². The van der Waals surface area contributed by atoms with E-state index in [0.717, 1.165) is 22.0 Å². The lowest BCUT2D eigenvalue weighted by atomic mass is 9.93. The van der Waals surface area contributed by atoms with Crippen molar-refractivity contribution in [1.29, 1.82) is 5.26 Å². The second kappa shape index (κ2) is 7.51. The normalized spacial score (nSPS) is 12.0. The summed E-state index contributed by atoms with van der Waals surface area (Å²) in [5.74, 6) is -0.862. The van der Waals surface area contributed by atoms with E-state index in [4.69, 9.17) is 4.98 Å². The van der Waals surface area contributed by atoms with Crippen LogP contribution in [0.5, 0.6) is 0 Å². The SMILES string of the molecule is Cn1c([C@H](C#N)C(=O)c2cc(-c3ccccc3)nc3ccccc23)nc2ccccc21. The average molecular weight is 402 g/mol. The van der Waals surface area contributed by atoms with E-state index in [1.54, 1.807) is 6.07 Å². The Morgan fingerprint density at radius 1 is 0.903 bits per heavy atom. The minimum atomic E-state index is -1.02. The summed E-state index contributed by atoms with van der Waals surface area (Å²) in [6.07, 6.45) is 0. The molecule has 5 rings (SSSR count). The molecule has 5 heteroatoms. The van der Waals surface area contributed by atoms with Crippen molar-refractivity contribution in [1.82, 2.24) is 14.5 Å². The molecule has 0 N–H and O–H groups in total. The first-order chi connectivity index (χ1) is 15.2. The topological polar surface area (TPSA) is 71.6 Å². The number of aryl methyl sites for hydroxylation is 1. The fourth-order valence-electron chi connectivity index (χ4n) is 3.95. The van der Waals surface area contributed by atoms with E-state index in [9.17, 15) is 10.1 Å². The number of ketones is 1. The third-order valence-corrected chi connectivity index (χ3v) is 5.52. The Morgan fingerprint density at radius 3 is 2.32 bits per heavy atom. The summed E-state index contributed by atoms with van der Waals surface area (Å²) in [6, 6.07) is 28.8. The number of pyridine rings is 1. The molecule has 2 heterocycles. The summed E-state index contributed by atoms with van der Waals surface area (Å²) in [5, 5.41) is 10.7. The number of benzene rings is 3. The van der Waals surface area contributed by atoms with Gasteiger partial charge in [0, 0.05) is 23.6 Å². The molecule has 148 valence electrons. The van der Waals surface area contributed by atoms with E-state index in [1.165, 1.54) is 0 Å². The van der Waals surface area contributed by atoms with Gasteiger partial charge >= 0.3 is 0 Å². The number of nitriles is 1. The van der Waals surface area contributed by atoms with Crippen LogP contribution < -0.4 is 0 Å². The molecule has 0 saturated heterocycles. The zero-order valence-corrected chi connectivity index (χ0v) is 16.9. The number of hydrogen-bond donors (Lipinski definition) is 0. The maximum Gasteiger partial charge on any atom is 0.188 e. The maximum absolute atomic E-state index is 13.7. The molecule has 3 aromatic carbocycles. The molecule has 0 radical (unpaired) electrons. The Bertz CT molecular complexity index is 1480. The van der Waals surface area contributed by atoms with E-state index in [0.29, 0.717) is 22.6 Å². The molecule has 0 unspecified atom stereocenters. The second-order valence-corrected chi connectivity index (χ2v) is 7.38. The van der Waals surface area contributed by atoms with Crippen LogP contribution in [0.4, 0.5) is 0 Å². The number of carbonyl (C=O) groups is 1. The lowest BCUT2D eigenvalue weighted by molar-refractivity contribution is 0.0977. The first-order valence-electron chi connectivity index (χ1n) is 9.98. The van der Waals surface area contributed by atoms with Crippen LogP contribution in [-0.4, -0.2) is 20.3 Å². The lowest BCUT2D eigenvalue weighted by Gasteiger charge is -2.13. The number of fused-ring (bicyclic) bond motifs is 2. The zero-order valence-electron chi connectivity index (χ0n) is 16.9. The highest BCUT2D eigenvalue weighted by Crippen LogP contribution is 2.30. The van der Waals surface area contributed by atoms with E-state index in [2.05, 4.69) is 11.1 Å². The average Bonchev–Trinajstić information content (AvgIpc) is 3.15. The summed E-state index contributed by atoms with van der Waals surface area (Å²) in [7, 11) is 1.84. The van der Waals surface area contributed by atoms with Crippen molar-refractivity contribution in [2.75, 3.05) is 0 Å². The predicted molar refractivity (Wildman–Crippen MR) is 121 cm³/mol. The number of nitrogens with zero attached hydrogens (tertiary/aromatic N) is 4. The van der Waals surface area contributed by atoms with Crippen molar-refractivity contribution in [3.63, 3.8) is 0 Å². The zero-order chi connectivity index (χ0) is 21.4. The number of hydrogen-bond acceptors (Lipinski definition) is 4. The molecule has 0 aliphatic heterocycles. The number of rotatable bonds is 4. The smallest absolute Gasteiger partial charge is 0.188 e. The van der Waals surface area contributed by atoms with Crippen molar-refractivity contribution >= 4 is 27.7 Å². The summed E-state index contributed by atoms with van der Waals surface area (Å²) in [6.45, 7) is 0. The van der Waals surface area contributed by atoms with Crippen molar-refractivity contribution < 1.29 is 4.79 Å². The van der Waals surface area contributed by atoms with Gasteiger partial charge in [-0.15, -0.1) is 0 Å². The summed E-state index contributed by atoms with van der Waals surface area (Å²) in [5.41, 5.74) is 4.45. The summed E-state index contributed by atoms with van der Waals surface area (Å²) in [4.78, 5) is 23.0. The van der Waals surface area contributed by atoms with E-state index in [-0.39, 0.29) is 5.78 Å².